The van der Waals surface area contributed by atoms with Gasteiger partial charge in [-0.2, -0.15) is 0 Å². The molecule has 4 rings (SSSR count). The first-order valence-electron chi connectivity index (χ1n) is 10.3. The molecule has 2 aromatic rings. The van der Waals surface area contributed by atoms with Gasteiger partial charge in [-0.1, -0.05) is 12.1 Å². The predicted molar refractivity (Wildman–Crippen MR) is 110 cm³/mol. The quantitative estimate of drug-likeness (QED) is 0.291. The Bertz CT molecular complexity index is 966. The minimum absolute atomic E-state index is 0.00536. The molecule has 11 nitrogen and oxygen atoms in total. The number of hydrogen-bond donors (Lipinski definition) is 7. The predicted octanol–water partition coefficient (Wildman–Crippen LogP) is -0.541. The number of methoxy groups -OCH3 is 1. The van der Waals surface area contributed by atoms with Crippen LogP contribution in [0.15, 0.2) is 36.4 Å². The van der Waals surface area contributed by atoms with E-state index in [4.69, 9.17) is 24.1 Å². The van der Waals surface area contributed by atoms with Crippen molar-refractivity contribution in [2.24, 2.45) is 0 Å². The third kappa shape index (κ3) is 4.32. The molecule has 2 aliphatic rings. The zero-order valence-corrected chi connectivity index (χ0v) is 17.6. The van der Waals surface area contributed by atoms with Crippen molar-refractivity contribution in [1.29, 1.82) is 0 Å². The molecule has 2 aliphatic heterocycles. The van der Waals surface area contributed by atoms with E-state index in [9.17, 15) is 30.6 Å². The molecule has 0 saturated carbocycles. The molecule has 0 aliphatic carbocycles. The van der Waals surface area contributed by atoms with Crippen LogP contribution in [0.5, 0.6) is 23.0 Å². The van der Waals surface area contributed by atoms with Crippen molar-refractivity contribution in [3.8, 4) is 23.0 Å². The van der Waals surface area contributed by atoms with E-state index in [1.54, 1.807) is 12.1 Å². The minimum Gasteiger partial charge on any atom is -0.508 e. The molecule has 1 saturated heterocycles. The number of phenolic OH excluding ortho intramolecular Hbond substituents is 2. The zero-order valence-electron chi connectivity index (χ0n) is 17.6. The van der Waals surface area contributed by atoms with Crippen LogP contribution in [-0.4, -0.2) is 86.3 Å². The van der Waals surface area contributed by atoms with Gasteiger partial charge in [-0.15, -0.1) is 0 Å². The van der Waals surface area contributed by atoms with Crippen LogP contribution in [-0.2, 0) is 9.47 Å². The Balaban J connectivity index is 1.70. The number of ether oxygens (including phenoxy) is 4. The number of benzene rings is 2. The number of aliphatic hydroxyl groups excluding tert-OH is 5. The van der Waals surface area contributed by atoms with E-state index in [1.165, 1.54) is 31.4 Å². The van der Waals surface area contributed by atoms with Crippen molar-refractivity contribution in [3.63, 3.8) is 0 Å². The minimum atomic E-state index is -1.60. The number of aliphatic hydroxyl groups is 5. The maximum absolute atomic E-state index is 11.1. The Kier molecular flexibility index (Phi) is 6.64. The van der Waals surface area contributed by atoms with Gasteiger partial charge in [-0.05, 0) is 17.7 Å². The monoisotopic (exact) mass is 466 g/mol. The van der Waals surface area contributed by atoms with E-state index in [2.05, 4.69) is 0 Å². The second-order valence-electron chi connectivity index (χ2n) is 7.93. The van der Waals surface area contributed by atoms with Gasteiger partial charge in [-0.3, -0.25) is 0 Å². The van der Waals surface area contributed by atoms with Crippen LogP contribution in [0.25, 0.3) is 0 Å². The summed E-state index contributed by atoms with van der Waals surface area (Å²) in [6.07, 6.45) is -11.2. The number of phenols is 2. The van der Waals surface area contributed by atoms with Gasteiger partial charge < -0.3 is 54.7 Å². The average Bonchev–Trinajstić information content (AvgIpc) is 3.08. The van der Waals surface area contributed by atoms with Gasteiger partial charge in [0.1, 0.15) is 59.6 Å². The highest BCUT2D eigenvalue weighted by molar-refractivity contribution is 5.53. The van der Waals surface area contributed by atoms with Crippen molar-refractivity contribution >= 4 is 0 Å². The molecule has 2 aromatic carbocycles. The summed E-state index contributed by atoms with van der Waals surface area (Å²) < 4.78 is 22.4. The molecule has 0 bridgehead atoms. The van der Waals surface area contributed by atoms with Crippen LogP contribution in [0.3, 0.4) is 0 Å². The number of rotatable bonds is 6. The van der Waals surface area contributed by atoms with Crippen LogP contribution in [0.2, 0.25) is 0 Å². The summed E-state index contributed by atoms with van der Waals surface area (Å²) >= 11 is 0. The first-order chi connectivity index (χ1) is 15.7. The molecule has 0 aromatic heterocycles. The van der Waals surface area contributed by atoms with Crippen molar-refractivity contribution in [2.75, 3.05) is 13.7 Å². The molecule has 11 heteroatoms. The fourth-order valence-electron chi connectivity index (χ4n) is 4.06. The van der Waals surface area contributed by atoms with Crippen molar-refractivity contribution < 1.29 is 54.7 Å². The maximum atomic E-state index is 11.1. The first kappa shape index (κ1) is 23.5. The highest BCUT2D eigenvalue weighted by atomic mass is 16.7. The Morgan fingerprint density at radius 2 is 1.73 bits per heavy atom. The molecule has 33 heavy (non-hydrogen) atoms. The summed E-state index contributed by atoms with van der Waals surface area (Å²) in [7, 11) is 1.41. The van der Waals surface area contributed by atoms with Gasteiger partial charge >= 0.3 is 0 Å². The second-order valence-corrected chi connectivity index (χ2v) is 7.93. The Hall–Kier alpha value is -2.64. The fraction of sp³-hybridized carbons (Fsp3) is 0.455. The van der Waals surface area contributed by atoms with Gasteiger partial charge in [0, 0.05) is 12.1 Å². The molecule has 1 fully saturated rings. The van der Waals surface area contributed by atoms with Crippen LogP contribution in [0, 0.1) is 0 Å². The van der Waals surface area contributed by atoms with Gasteiger partial charge in [0.2, 0.25) is 0 Å². The lowest BCUT2D eigenvalue weighted by molar-refractivity contribution is -0.239. The summed E-state index contributed by atoms with van der Waals surface area (Å²) in [4.78, 5) is 0. The van der Waals surface area contributed by atoms with Gasteiger partial charge in [-0.25, -0.2) is 0 Å². The third-order valence-corrected chi connectivity index (χ3v) is 5.82. The van der Waals surface area contributed by atoms with Crippen LogP contribution in [0.4, 0.5) is 0 Å². The fourth-order valence-corrected chi connectivity index (χ4v) is 4.06. The van der Waals surface area contributed by atoms with E-state index in [0.29, 0.717) is 11.3 Å². The SMILES string of the molecule is COc1cc(O)c2c(c1)OC(c1ccc(O)cc1)C(O[C@H]1O[C@H](C(O)CO)[C@H](O)[C@@H]1O)C2O. The third-order valence-electron chi connectivity index (χ3n) is 5.82. The normalized spacial score (nSPS) is 32.1. The van der Waals surface area contributed by atoms with E-state index in [1.807, 2.05) is 0 Å². The molecule has 0 amide bonds. The smallest absolute Gasteiger partial charge is 0.187 e. The zero-order chi connectivity index (χ0) is 23.9. The second kappa shape index (κ2) is 9.31. The summed E-state index contributed by atoms with van der Waals surface area (Å²) in [5, 5.41) is 70.8. The average molecular weight is 466 g/mol. The molecule has 0 spiro atoms. The lowest BCUT2D eigenvalue weighted by Crippen LogP contribution is -2.43. The molecule has 4 unspecified atom stereocenters. The highest BCUT2D eigenvalue weighted by Crippen LogP contribution is 2.49. The number of fused-ring (bicyclic) bond motifs is 1. The van der Waals surface area contributed by atoms with Crippen LogP contribution < -0.4 is 9.47 Å². The molecule has 8 atom stereocenters. The molecule has 7 N–H and O–H groups in total. The molecule has 180 valence electrons. The highest BCUT2D eigenvalue weighted by Gasteiger charge is 2.50. The number of hydrogen-bond acceptors (Lipinski definition) is 11. The standard InChI is InChI=1S/C22H26O11/c1-30-11-6-12(25)15-14(7-11)31-19(9-2-4-10(24)5-3-9)21(16(15)27)33-22-18(29)17(28)20(32-22)13(26)8-23/h2-7,13,16-29H,8H2,1H3/t13?,16?,17-,18+,19?,20-,21?,22-/m1/s1. The topological polar surface area (TPSA) is 179 Å². The van der Waals surface area contributed by atoms with E-state index in [0.717, 1.165) is 0 Å². The number of aromatic hydroxyl groups is 2. The van der Waals surface area contributed by atoms with Crippen molar-refractivity contribution in [1.82, 2.24) is 0 Å². The maximum Gasteiger partial charge on any atom is 0.187 e. The molecular weight excluding hydrogens is 440 g/mol. The van der Waals surface area contributed by atoms with Crippen LogP contribution in [0.1, 0.15) is 23.3 Å². The van der Waals surface area contributed by atoms with Gasteiger partial charge in [0.15, 0.2) is 12.4 Å². The molecule has 0 radical (unpaired) electrons. The lowest BCUT2D eigenvalue weighted by atomic mass is 9.91. The van der Waals surface area contributed by atoms with Gasteiger partial charge in [0.05, 0.1) is 19.3 Å². The Morgan fingerprint density at radius 3 is 2.36 bits per heavy atom. The van der Waals surface area contributed by atoms with E-state index in [-0.39, 0.29) is 22.8 Å². The van der Waals surface area contributed by atoms with E-state index < -0.39 is 55.6 Å². The van der Waals surface area contributed by atoms with Crippen molar-refractivity contribution in [2.45, 2.75) is 49.0 Å². The summed E-state index contributed by atoms with van der Waals surface area (Å²) in [6, 6.07) is 8.71. The largest absolute Gasteiger partial charge is 0.508 e. The molecule has 2 heterocycles. The molecular formula is C22H26O11. The Morgan fingerprint density at radius 1 is 1.03 bits per heavy atom. The summed E-state index contributed by atoms with van der Waals surface area (Å²) in [6.45, 7) is -0.713. The summed E-state index contributed by atoms with van der Waals surface area (Å²) in [5.74, 6) is 0.126. The van der Waals surface area contributed by atoms with E-state index >= 15 is 0 Å². The Labute approximate surface area is 188 Å². The van der Waals surface area contributed by atoms with Crippen molar-refractivity contribution in [3.05, 3.63) is 47.5 Å². The lowest BCUT2D eigenvalue weighted by Gasteiger charge is -2.39. The first-order valence-corrected chi connectivity index (χ1v) is 10.3. The van der Waals surface area contributed by atoms with Gasteiger partial charge in [0.25, 0.3) is 0 Å². The van der Waals surface area contributed by atoms with Crippen LogP contribution >= 0.6 is 0 Å². The summed E-state index contributed by atoms with van der Waals surface area (Å²) in [5.41, 5.74) is 0.514.